The van der Waals surface area contributed by atoms with E-state index in [0.29, 0.717) is 0 Å². The van der Waals surface area contributed by atoms with Gasteiger partial charge in [-0.15, -0.1) is 0 Å². The van der Waals surface area contributed by atoms with Gasteiger partial charge in [-0.05, 0) is 224 Å². The van der Waals surface area contributed by atoms with Gasteiger partial charge in [-0.3, -0.25) is 0 Å². The maximum absolute atomic E-state index is 2.65. The predicted molar refractivity (Wildman–Crippen MR) is 531 cm³/mol. The quantitative estimate of drug-likeness (QED) is 0.120. The van der Waals surface area contributed by atoms with Crippen LogP contribution in [0.25, 0.3) is 149 Å². The summed E-state index contributed by atoms with van der Waals surface area (Å²) in [6.07, 6.45) is 0. The van der Waals surface area contributed by atoms with Crippen molar-refractivity contribution in [1.29, 1.82) is 0 Å². The highest BCUT2D eigenvalue weighted by molar-refractivity contribution is 7.00. The molecule has 0 saturated heterocycles. The fourth-order valence-electron chi connectivity index (χ4n) is 20.3. The van der Waals surface area contributed by atoms with Crippen LogP contribution in [-0.2, 0) is 21.7 Å². The Kier molecular flexibility index (Phi) is 17.6. The van der Waals surface area contributed by atoms with Gasteiger partial charge in [-0.1, -0.05) is 362 Å². The van der Waals surface area contributed by atoms with Crippen LogP contribution in [0.2, 0.25) is 0 Å². The smallest absolute Gasteiger partial charge is 0.252 e. The predicted octanol–water partition coefficient (Wildman–Crippen LogP) is 30.3. The highest BCUT2D eigenvalue weighted by atomic mass is 15.2. The molecule has 0 bridgehead atoms. The van der Waals surface area contributed by atoms with Crippen molar-refractivity contribution in [2.75, 3.05) is 9.80 Å². The number of benzene rings is 17. The molecule has 5 heterocycles. The molecule has 0 atom stereocenters. The van der Waals surface area contributed by atoms with Crippen molar-refractivity contribution >= 4 is 123 Å². The van der Waals surface area contributed by atoms with Gasteiger partial charge in [0.1, 0.15) is 0 Å². The van der Waals surface area contributed by atoms with E-state index in [9.17, 15) is 0 Å². The molecular formula is C118H98BN5. The molecule has 5 nitrogen and oxygen atoms in total. The second kappa shape index (κ2) is 28.7. The molecule has 0 N–H and O–H groups in total. The van der Waals surface area contributed by atoms with Crippen LogP contribution < -0.4 is 26.2 Å². The lowest BCUT2D eigenvalue weighted by Gasteiger charge is -2.44. The first-order valence-electron chi connectivity index (χ1n) is 44.0. The molecule has 0 radical (unpaired) electrons. The third-order valence-corrected chi connectivity index (χ3v) is 26.7. The fraction of sp³-hybridized carbons (Fsp3) is 0.136. The summed E-state index contributed by atoms with van der Waals surface area (Å²) in [5.41, 5.74) is 39.3. The zero-order valence-electron chi connectivity index (χ0n) is 72.6. The van der Waals surface area contributed by atoms with E-state index in [1.165, 1.54) is 149 Å². The van der Waals surface area contributed by atoms with Crippen LogP contribution in [0.5, 0.6) is 0 Å². The number of anilines is 6. The number of hydrogen-bond acceptors (Lipinski definition) is 2. The van der Waals surface area contributed by atoms with Crippen molar-refractivity contribution in [3.63, 3.8) is 0 Å². The van der Waals surface area contributed by atoms with Crippen LogP contribution >= 0.6 is 0 Å². The first-order chi connectivity index (χ1) is 60.1. The molecule has 0 unspecified atom stereocenters. The Morgan fingerprint density at radius 3 is 0.766 bits per heavy atom. The minimum Gasteiger partial charge on any atom is -0.311 e. The standard InChI is InChI=1S/C118H98BN5/c1-115(2,3)81-51-61-96-97-62-52-82(116(4,5)6)68-105(97)122(104(96)67-81)87-59-65-100-108(71-87)120(85-55-47-79(48-56-85)112-90(75-31-17-13-18-32-75)41-29-42-91(112)76-33-19-14-20-34-76)110-73-89(124-102-45-27-25-39-94(102)95-40-26-28-46-103(95)124)74-111-114(110)119(100)101-66-60-88(123-106-69-83(117(7,8)9)53-63-98(106)99-64-54-84(70-107(99)123)118(10,11)12)72-109(101)121(111)86-57-49-80(50-58-86)113-92(77-35-21-15-22-36-77)43-30-44-93(113)78-37-23-16-24-38-78/h13-74H,1-12H3. The summed E-state index contributed by atoms with van der Waals surface area (Å²) in [4.78, 5) is 5.30. The minimum atomic E-state index is -0.273. The Bertz CT molecular complexity index is 6960. The van der Waals surface area contributed by atoms with Crippen LogP contribution in [0.3, 0.4) is 0 Å². The molecule has 0 spiro atoms. The maximum Gasteiger partial charge on any atom is 0.252 e. The van der Waals surface area contributed by atoms with E-state index >= 15 is 0 Å². The lowest BCUT2D eigenvalue weighted by atomic mass is 9.33. The molecule has 3 aromatic heterocycles. The van der Waals surface area contributed by atoms with E-state index in [0.717, 1.165) is 73.3 Å². The molecule has 0 fully saturated rings. The largest absolute Gasteiger partial charge is 0.311 e. The van der Waals surface area contributed by atoms with E-state index in [1.54, 1.807) is 0 Å². The van der Waals surface area contributed by atoms with Gasteiger partial charge in [0.05, 0.1) is 38.8 Å². The van der Waals surface area contributed by atoms with E-state index in [4.69, 9.17) is 0 Å². The highest BCUT2D eigenvalue weighted by Crippen LogP contribution is 2.52. The summed E-state index contributed by atoms with van der Waals surface area (Å²) >= 11 is 0. The van der Waals surface area contributed by atoms with Gasteiger partial charge < -0.3 is 23.5 Å². The molecule has 17 aromatic carbocycles. The summed E-state index contributed by atoms with van der Waals surface area (Å²) in [6, 6.07) is 144. The van der Waals surface area contributed by atoms with Crippen LogP contribution in [-0.4, -0.2) is 20.4 Å². The first kappa shape index (κ1) is 76.0. The van der Waals surface area contributed by atoms with Crippen molar-refractivity contribution in [2.45, 2.75) is 105 Å². The summed E-state index contributed by atoms with van der Waals surface area (Å²) in [7, 11) is 0. The van der Waals surface area contributed by atoms with Crippen LogP contribution in [0.4, 0.5) is 34.1 Å². The molecule has 6 heteroatoms. The summed E-state index contributed by atoms with van der Waals surface area (Å²) < 4.78 is 7.73. The van der Waals surface area contributed by atoms with Gasteiger partial charge in [-0.2, -0.15) is 0 Å². The van der Waals surface area contributed by atoms with Crippen molar-refractivity contribution in [2.24, 2.45) is 0 Å². The topological polar surface area (TPSA) is 21.3 Å². The van der Waals surface area contributed by atoms with E-state index < -0.39 is 0 Å². The molecule has 22 rings (SSSR count). The van der Waals surface area contributed by atoms with E-state index in [1.807, 2.05) is 0 Å². The lowest BCUT2D eigenvalue weighted by Crippen LogP contribution is -2.61. The van der Waals surface area contributed by atoms with Gasteiger partial charge >= 0.3 is 0 Å². The van der Waals surface area contributed by atoms with E-state index in [-0.39, 0.29) is 28.4 Å². The van der Waals surface area contributed by atoms with Crippen LogP contribution in [0.1, 0.15) is 105 Å². The molecule has 0 amide bonds. The van der Waals surface area contributed by atoms with Crippen LogP contribution in [0.15, 0.2) is 376 Å². The first-order valence-corrected chi connectivity index (χ1v) is 44.0. The third kappa shape index (κ3) is 12.5. The number of para-hydroxylation sites is 2. The number of nitrogens with zero attached hydrogens (tertiary/aromatic N) is 5. The highest BCUT2D eigenvalue weighted by Gasteiger charge is 2.45. The van der Waals surface area contributed by atoms with Gasteiger partial charge in [-0.25, -0.2) is 0 Å². The molecule has 0 saturated carbocycles. The Morgan fingerprint density at radius 2 is 0.460 bits per heavy atom. The second-order valence-electron chi connectivity index (χ2n) is 38.5. The summed E-state index contributed by atoms with van der Waals surface area (Å²) in [5, 5.41) is 7.35. The zero-order chi connectivity index (χ0) is 84.4. The van der Waals surface area contributed by atoms with Crippen molar-refractivity contribution in [3.8, 4) is 83.8 Å². The average Bonchev–Trinajstić information content (AvgIpc) is 1.12. The number of rotatable bonds is 11. The number of aromatic nitrogens is 3. The maximum atomic E-state index is 2.65. The van der Waals surface area contributed by atoms with Gasteiger partial charge in [0, 0.05) is 77.8 Å². The van der Waals surface area contributed by atoms with Crippen LogP contribution in [0, 0.1) is 0 Å². The molecule has 124 heavy (non-hydrogen) atoms. The number of fused-ring (bicyclic) bond motifs is 13. The monoisotopic (exact) mass is 1600 g/mol. The van der Waals surface area contributed by atoms with E-state index in [2.05, 4.69) is 483 Å². The Hall–Kier alpha value is -14.2. The zero-order valence-corrected chi connectivity index (χ0v) is 72.6. The number of hydrogen-bond donors (Lipinski definition) is 0. The minimum absolute atomic E-state index is 0.111. The molecule has 2 aliphatic rings. The Balaban J connectivity index is 0.865. The molecule has 2 aliphatic heterocycles. The molecular weight excluding hydrogens is 1500 g/mol. The Labute approximate surface area is 728 Å². The second-order valence-corrected chi connectivity index (χ2v) is 38.5. The van der Waals surface area contributed by atoms with Crippen molar-refractivity contribution in [1.82, 2.24) is 13.7 Å². The fourth-order valence-corrected chi connectivity index (χ4v) is 20.3. The lowest BCUT2D eigenvalue weighted by molar-refractivity contribution is 0.590. The Morgan fingerprint density at radius 1 is 0.194 bits per heavy atom. The SMILES string of the molecule is CC(C)(C)c1ccc2c3ccc(C(C)(C)C)cc3n(-c3ccc4c(c3)N(c3ccc(-c5c(-c6ccccc6)cccc5-c5ccccc5)cc3)c3cc(-n5c6ccccc6c6ccccc65)cc5c3B4c3ccc(-n4c6cc(C(C)(C)C)ccc6c6ccc(C(C)(C)C)cc64)cc3N5c3ccc(-c4c(-c5ccccc5)cccc4-c4ccccc4)cc3)c2c1. The summed E-state index contributed by atoms with van der Waals surface area (Å²) in [5.74, 6) is 0. The third-order valence-electron chi connectivity index (χ3n) is 26.7. The van der Waals surface area contributed by atoms with Gasteiger partial charge in [0.15, 0.2) is 0 Å². The molecule has 20 aromatic rings. The molecule has 598 valence electrons. The normalized spacial score (nSPS) is 13.0. The van der Waals surface area contributed by atoms with Crippen molar-refractivity contribution in [3.05, 3.63) is 398 Å². The van der Waals surface area contributed by atoms with Gasteiger partial charge in [0.25, 0.3) is 6.71 Å². The van der Waals surface area contributed by atoms with Crippen molar-refractivity contribution < 1.29 is 0 Å². The summed E-state index contributed by atoms with van der Waals surface area (Å²) in [6.45, 7) is 27.8. The van der Waals surface area contributed by atoms with Gasteiger partial charge in [0.2, 0.25) is 0 Å². The molecule has 0 aliphatic carbocycles. The average molecular weight is 1600 g/mol.